The highest BCUT2D eigenvalue weighted by molar-refractivity contribution is 5.85. The minimum Gasteiger partial charge on any atom is -0.445 e. The molecule has 0 radical (unpaired) electrons. The lowest BCUT2D eigenvalue weighted by atomic mass is 10.1. The van der Waals surface area contributed by atoms with Crippen molar-refractivity contribution < 1.29 is 14.3 Å². The smallest absolute Gasteiger partial charge is 0.408 e. The lowest BCUT2D eigenvalue weighted by Crippen LogP contribution is -2.48. The van der Waals surface area contributed by atoms with Crippen molar-refractivity contribution in [2.24, 2.45) is 0 Å². The second-order valence-corrected chi connectivity index (χ2v) is 8.08. The van der Waals surface area contributed by atoms with Crippen molar-refractivity contribution in [2.75, 3.05) is 0 Å². The van der Waals surface area contributed by atoms with E-state index < -0.39 is 12.1 Å². The van der Waals surface area contributed by atoms with Crippen molar-refractivity contribution in [1.82, 2.24) is 25.4 Å². The maximum absolute atomic E-state index is 13.0. The molecule has 1 aromatic heterocycles. The zero-order chi connectivity index (χ0) is 24.3. The molecule has 4 rings (SSSR count). The summed E-state index contributed by atoms with van der Waals surface area (Å²) in [5.41, 5.74) is 3.84. The topological polar surface area (TPSA) is 98.1 Å². The van der Waals surface area contributed by atoms with Crippen LogP contribution >= 0.6 is 0 Å². The molecule has 0 bridgehead atoms. The van der Waals surface area contributed by atoms with E-state index in [4.69, 9.17) is 4.74 Å². The fourth-order valence-corrected chi connectivity index (χ4v) is 3.54. The molecule has 0 spiro atoms. The first-order chi connectivity index (χ1) is 17.2. The summed E-state index contributed by atoms with van der Waals surface area (Å²) in [5, 5.41) is 9.75. The molecule has 8 nitrogen and oxygen atoms in total. The lowest BCUT2D eigenvalue weighted by Gasteiger charge is -2.19. The Balaban J connectivity index is 1.33. The Kier molecular flexibility index (Phi) is 8.21. The van der Waals surface area contributed by atoms with Gasteiger partial charge >= 0.3 is 6.09 Å². The van der Waals surface area contributed by atoms with Gasteiger partial charge in [-0.05, 0) is 22.3 Å². The Hall–Kier alpha value is -4.46. The van der Waals surface area contributed by atoms with Crippen LogP contribution in [-0.2, 0) is 35.6 Å². The number of rotatable bonds is 10. The van der Waals surface area contributed by atoms with E-state index in [0.717, 1.165) is 22.3 Å². The average molecular weight is 470 g/mol. The van der Waals surface area contributed by atoms with Gasteiger partial charge in [0.2, 0.25) is 5.91 Å². The molecule has 3 aromatic carbocycles. The van der Waals surface area contributed by atoms with Crippen molar-refractivity contribution >= 4 is 12.0 Å². The van der Waals surface area contributed by atoms with Crippen LogP contribution < -0.4 is 10.6 Å². The molecule has 0 unspecified atom stereocenters. The highest BCUT2D eigenvalue weighted by Crippen LogP contribution is 2.08. The maximum Gasteiger partial charge on any atom is 0.408 e. The lowest BCUT2D eigenvalue weighted by molar-refractivity contribution is -0.123. The van der Waals surface area contributed by atoms with E-state index in [0.29, 0.717) is 19.5 Å². The molecular formula is C27H27N5O3. The molecule has 0 fully saturated rings. The molecule has 8 heteroatoms. The maximum atomic E-state index is 13.0. The van der Waals surface area contributed by atoms with Crippen molar-refractivity contribution in [3.8, 4) is 0 Å². The molecule has 35 heavy (non-hydrogen) atoms. The fourth-order valence-electron chi connectivity index (χ4n) is 3.54. The number of amides is 2. The van der Waals surface area contributed by atoms with Gasteiger partial charge in [-0.1, -0.05) is 84.9 Å². The Morgan fingerprint density at radius 1 is 0.829 bits per heavy atom. The molecule has 4 aromatic rings. The fraction of sp³-hybridized carbons (Fsp3) is 0.185. The Bertz CT molecular complexity index is 1200. The summed E-state index contributed by atoms with van der Waals surface area (Å²) in [6.45, 7) is 1.10. The van der Waals surface area contributed by atoms with E-state index in [1.54, 1.807) is 11.0 Å². The Morgan fingerprint density at radius 3 is 2.14 bits per heavy atom. The van der Waals surface area contributed by atoms with Crippen LogP contribution in [-0.4, -0.2) is 32.8 Å². The van der Waals surface area contributed by atoms with Crippen LogP contribution in [0.15, 0.2) is 97.6 Å². The van der Waals surface area contributed by atoms with E-state index in [-0.39, 0.29) is 12.5 Å². The standard InChI is InChI=1S/C27H27N5O3/c33-26(29-16-22-11-13-23(14-12-22)17-32-20-28-19-30-32)25(15-21-7-3-1-4-8-21)31-27(34)35-18-24-9-5-2-6-10-24/h1-14,19-20,25H,15-18H2,(H,29,33)(H,31,34)/t25-/m0/s1. The summed E-state index contributed by atoms with van der Waals surface area (Å²) in [6, 6.07) is 26.1. The molecule has 0 saturated heterocycles. The third-order valence-corrected chi connectivity index (χ3v) is 5.40. The van der Waals surface area contributed by atoms with Crippen LogP contribution in [0.3, 0.4) is 0 Å². The van der Waals surface area contributed by atoms with Crippen LogP contribution in [0.2, 0.25) is 0 Å². The quantitative estimate of drug-likeness (QED) is 0.371. The third kappa shape index (κ3) is 7.53. The van der Waals surface area contributed by atoms with Gasteiger partial charge in [-0.15, -0.1) is 0 Å². The first-order valence-electron chi connectivity index (χ1n) is 11.3. The van der Waals surface area contributed by atoms with E-state index in [1.807, 2.05) is 84.9 Å². The molecule has 2 N–H and O–H groups in total. The van der Waals surface area contributed by atoms with Crippen molar-refractivity contribution in [2.45, 2.75) is 32.2 Å². The van der Waals surface area contributed by atoms with Crippen molar-refractivity contribution in [3.05, 3.63) is 120 Å². The summed E-state index contributed by atoms with van der Waals surface area (Å²) in [4.78, 5) is 29.4. The summed E-state index contributed by atoms with van der Waals surface area (Å²) < 4.78 is 7.07. The van der Waals surface area contributed by atoms with Crippen molar-refractivity contribution in [1.29, 1.82) is 0 Å². The molecular weight excluding hydrogens is 442 g/mol. The average Bonchev–Trinajstić information content (AvgIpc) is 3.41. The van der Waals surface area contributed by atoms with E-state index in [9.17, 15) is 9.59 Å². The highest BCUT2D eigenvalue weighted by Gasteiger charge is 2.22. The van der Waals surface area contributed by atoms with Crippen molar-refractivity contribution in [3.63, 3.8) is 0 Å². The second-order valence-electron chi connectivity index (χ2n) is 8.08. The van der Waals surface area contributed by atoms with Gasteiger partial charge in [0.25, 0.3) is 0 Å². The molecule has 2 amide bonds. The third-order valence-electron chi connectivity index (χ3n) is 5.40. The predicted octanol–water partition coefficient (Wildman–Crippen LogP) is 3.48. The first-order valence-corrected chi connectivity index (χ1v) is 11.3. The van der Waals surface area contributed by atoms with Gasteiger partial charge in [0.1, 0.15) is 25.3 Å². The normalized spacial score (nSPS) is 11.4. The minimum absolute atomic E-state index is 0.132. The van der Waals surface area contributed by atoms with Gasteiger partial charge in [0.15, 0.2) is 0 Å². The molecule has 0 aliphatic heterocycles. The predicted molar refractivity (Wildman–Crippen MR) is 131 cm³/mol. The molecule has 1 atom stereocenters. The summed E-state index contributed by atoms with van der Waals surface area (Å²) >= 11 is 0. The van der Waals surface area contributed by atoms with E-state index in [2.05, 4.69) is 20.7 Å². The van der Waals surface area contributed by atoms with E-state index in [1.165, 1.54) is 6.33 Å². The van der Waals surface area contributed by atoms with Crippen LogP contribution in [0.4, 0.5) is 4.79 Å². The zero-order valence-electron chi connectivity index (χ0n) is 19.2. The number of nitrogens with zero attached hydrogens (tertiary/aromatic N) is 3. The number of benzene rings is 3. The zero-order valence-corrected chi connectivity index (χ0v) is 19.2. The molecule has 0 saturated carbocycles. The molecule has 178 valence electrons. The number of nitrogens with one attached hydrogen (secondary N) is 2. The molecule has 1 heterocycles. The summed E-state index contributed by atoms with van der Waals surface area (Å²) in [6.07, 6.45) is 2.88. The Morgan fingerprint density at radius 2 is 1.49 bits per heavy atom. The van der Waals surface area contributed by atoms with Gasteiger partial charge in [0.05, 0.1) is 6.54 Å². The largest absolute Gasteiger partial charge is 0.445 e. The monoisotopic (exact) mass is 469 g/mol. The number of hydrogen-bond donors (Lipinski definition) is 2. The van der Waals surface area contributed by atoms with Gasteiger partial charge in [-0.2, -0.15) is 5.10 Å². The molecule has 0 aliphatic rings. The number of ether oxygens (including phenoxy) is 1. The number of hydrogen-bond acceptors (Lipinski definition) is 5. The van der Waals surface area contributed by atoms with Gasteiger partial charge in [-0.25, -0.2) is 14.5 Å². The number of alkyl carbamates (subject to hydrolysis) is 1. The van der Waals surface area contributed by atoms with E-state index >= 15 is 0 Å². The van der Waals surface area contributed by atoms with Crippen LogP contribution in [0.1, 0.15) is 22.3 Å². The summed E-state index contributed by atoms with van der Waals surface area (Å²) in [7, 11) is 0. The van der Waals surface area contributed by atoms with Gasteiger partial charge in [0, 0.05) is 13.0 Å². The second kappa shape index (κ2) is 12.1. The SMILES string of the molecule is O=C(N[C@@H](Cc1ccccc1)C(=O)NCc1ccc(Cn2cncn2)cc1)OCc1ccccc1. The number of aromatic nitrogens is 3. The number of carbonyl (C=O) groups excluding carboxylic acids is 2. The minimum atomic E-state index is -0.771. The van der Waals surface area contributed by atoms with Crippen LogP contribution in [0.25, 0.3) is 0 Å². The van der Waals surface area contributed by atoms with Crippen LogP contribution in [0.5, 0.6) is 0 Å². The Labute approximate surface area is 204 Å². The van der Waals surface area contributed by atoms with Gasteiger partial charge in [-0.3, -0.25) is 4.79 Å². The first kappa shape index (κ1) is 23.7. The molecule has 0 aliphatic carbocycles. The highest BCUT2D eigenvalue weighted by atomic mass is 16.5. The summed E-state index contributed by atoms with van der Waals surface area (Å²) in [5.74, 6) is -0.280. The van der Waals surface area contributed by atoms with Gasteiger partial charge < -0.3 is 15.4 Å². The number of carbonyl (C=O) groups is 2. The van der Waals surface area contributed by atoms with Crippen LogP contribution in [0, 0.1) is 0 Å².